The van der Waals surface area contributed by atoms with Gasteiger partial charge in [-0.2, -0.15) is 0 Å². The van der Waals surface area contributed by atoms with Crippen molar-refractivity contribution in [3.8, 4) is 0 Å². The van der Waals surface area contributed by atoms with Gasteiger partial charge in [-0.3, -0.25) is 0 Å². The van der Waals surface area contributed by atoms with E-state index in [9.17, 15) is 9.90 Å². The van der Waals surface area contributed by atoms with Crippen LogP contribution < -0.4 is 5.32 Å². The maximum absolute atomic E-state index is 11.7. The molecule has 0 saturated carbocycles. The van der Waals surface area contributed by atoms with Crippen molar-refractivity contribution in [2.75, 3.05) is 19.0 Å². The van der Waals surface area contributed by atoms with Gasteiger partial charge in [0, 0.05) is 0 Å². The van der Waals surface area contributed by atoms with Gasteiger partial charge in [0.1, 0.15) is 21.9 Å². The first-order chi connectivity index (χ1) is 9.62. The molecule has 108 valence electrons. The molecule has 6 nitrogen and oxygen atoms in total. The van der Waals surface area contributed by atoms with E-state index in [1.54, 1.807) is 0 Å². The lowest BCUT2D eigenvalue weighted by Gasteiger charge is -2.15. The number of rotatable bonds is 5. The van der Waals surface area contributed by atoms with Crippen LogP contribution in [0, 0.1) is 6.92 Å². The van der Waals surface area contributed by atoms with Crippen LogP contribution in [0.25, 0.3) is 10.2 Å². The van der Waals surface area contributed by atoms with Crippen LogP contribution in [0.4, 0.5) is 5.82 Å². The first-order valence-corrected chi connectivity index (χ1v) is 7.13. The molecular formula is C13H17N3O3S. The van der Waals surface area contributed by atoms with Crippen LogP contribution in [0.5, 0.6) is 0 Å². The topological polar surface area (TPSA) is 84.3 Å². The Morgan fingerprint density at radius 3 is 2.90 bits per heavy atom. The highest BCUT2D eigenvalue weighted by Crippen LogP contribution is 2.33. The molecule has 0 bridgehead atoms. The van der Waals surface area contributed by atoms with Gasteiger partial charge in [0.05, 0.1) is 25.1 Å². The maximum Gasteiger partial charge on any atom is 0.348 e. The van der Waals surface area contributed by atoms with Gasteiger partial charge in [0.25, 0.3) is 0 Å². The fourth-order valence-corrected chi connectivity index (χ4v) is 3.01. The second-order valence-electron chi connectivity index (χ2n) is 4.38. The van der Waals surface area contributed by atoms with E-state index in [1.807, 2.05) is 13.8 Å². The normalized spacial score (nSPS) is 12.4. The van der Waals surface area contributed by atoms with E-state index in [2.05, 4.69) is 15.3 Å². The third-order valence-electron chi connectivity index (χ3n) is 3.15. The van der Waals surface area contributed by atoms with Crippen molar-refractivity contribution in [3.63, 3.8) is 0 Å². The molecule has 0 fully saturated rings. The SMILES string of the molecule is CCC(CO)Nc1ncnc2sc(C(=O)OC)c(C)c12. The molecule has 2 rings (SSSR count). The van der Waals surface area contributed by atoms with Gasteiger partial charge in [-0.1, -0.05) is 6.92 Å². The van der Waals surface area contributed by atoms with Crippen molar-refractivity contribution in [2.24, 2.45) is 0 Å². The summed E-state index contributed by atoms with van der Waals surface area (Å²) >= 11 is 1.28. The number of carbonyl (C=O) groups excluding carboxylic acids is 1. The number of carbonyl (C=O) groups is 1. The zero-order valence-electron chi connectivity index (χ0n) is 11.6. The molecule has 0 aliphatic heterocycles. The predicted octanol–water partition coefficient (Wildman–Crippen LogP) is 1.97. The van der Waals surface area contributed by atoms with Crippen LogP contribution in [-0.4, -0.2) is 40.8 Å². The summed E-state index contributed by atoms with van der Waals surface area (Å²) in [5.41, 5.74) is 0.799. The summed E-state index contributed by atoms with van der Waals surface area (Å²) in [6.07, 6.45) is 2.22. The number of nitrogens with one attached hydrogen (secondary N) is 1. The molecule has 1 unspecified atom stereocenters. The minimum atomic E-state index is -0.370. The van der Waals surface area contributed by atoms with E-state index in [4.69, 9.17) is 4.74 Å². The van der Waals surface area contributed by atoms with Crippen LogP contribution in [-0.2, 0) is 4.74 Å². The molecule has 0 aromatic carbocycles. The number of anilines is 1. The molecule has 2 N–H and O–H groups in total. The number of aromatic nitrogens is 2. The average molecular weight is 295 g/mol. The standard InChI is InChI=1S/C13H17N3O3S/c1-4-8(5-17)16-11-9-7(2)10(13(18)19-3)20-12(9)15-6-14-11/h6,8,17H,4-5H2,1-3H3,(H,14,15,16). The first-order valence-electron chi connectivity index (χ1n) is 6.32. The monoisotopic (exact) mass is 295 g/mol. The summed E-state index contributed by atoms with van der Waals surface area (Å²) < 4.78 is 4.77. The lowest BCUT2D eigenvalue weighted by atomic mass is 10.2. The highest BCUT2D eigenvalue weighted by Gasteiger charge is 2.20. The summed E-state index contributed by atoms with van der Waals surface area (Å²) in [6, 6.07) is -0.0750. The summed E-state index contributed by atoms with van der Waals surface area (Å²) in [6.45, 7) is 3.85. The highest BCUT2D eigenvalue weighted by molar-refractivity contribution is 7.20. The van der Waals surface area contributed by atoms with Gasteiger partial charge < -0.3 is 15.2 Å². The number of thiophene rings is 1. The Hall–Kier alpha value is -1.73. The first kappa shape index (κ1) is 14.7. The number of nitrogens with zero attached hydrogens (tertiary/aromatic N) is 2. The number of esters is 1. The number of fused-ring (bicyclic) bond motifs is 1. The van der Waals surface area contributed by atoms with Crippen molar-refractivity contribution in [1.82, 2.24) is 9.97 Å². The zero-order chi connectivity index (χ0) is 14.7. The second kappa shape index (κ2) is 6.15. The lowest BCUT2D eigenvalue weighted by Crippen LogP contribution is -2.23. The molecule has 0 saturated heterocycles. The van der Waals surface area contributed by atoms with E-state index >= 15 is 0 Å². The van der Waals surface area contributed by atoms with Crippen LogP contribution in [0.15, 0.2) is 6.33 Å². The van der Waals surface area contributed by atoms with E-state index in [0.717, 1.165) is 22.2 Å². The van der Waals surface area contributed by atoms with E-state index in [0.29, 0.717) is 10.7 Å². The van der Waals surface area contributed by atoms with Gasteiger partial charge in [-0.05, 0) is 18.9 Å². The molecule has 0 radical (unpaired) electrons. The summed E-state index contributed by atoms with van der Waals surface area (Å²) in [5.74, 6) is 0.269. The quantitative estimate of drug-likeness (QED) is 0.820. The zero-order valence-corrected chi connectivity index (χ0v) is 12.5. The van der Waals surface area contributed by atoms with Crippen LogP contribution in [0.3, 0.4) is 0 Å². The van der Waals surface area contributed by atoms with Crippen LogP contribution in [0.2, 0.25) is 0 Å². The van der Waals surface area contributed by atoms with Gasteiger partial charge >= 0.3 is 5.97 Å². The number of methoxy groups -OCH3 is 1. The molecule has 2 aromatic heterocycles. The largest absolute Gasteiger partial charge is 0.465 e. The molecule has 0 spiro atoms. The third kappa shape index (κ3) is 2.59. The second-order valence-corrected chi connectivity index (χ2v) is 5.38. The van der Waals surface area contributed by atoms with E-state index < -0.39 is 0 Å². The fraction of sp³-hybridized carbons (Fsp3) is 0.462. The molecule has 2 aromatic rings. The molecule has 0 amide bonds. The molecule has 20 heavy (non-hydrogen) atoms. The predicted molar refractivity (Wildman–Crippen MR) is 78.3 cm³/mol. The van der Waals surface area contributed by atoms with E-state index in [1.165, 1.54) is 24.8 Å². The van der Waals surface area contributed by atoms with Crippen molar-refractivity contribution < 1.29 is 14.6 Å². The Morgan fingerprint density at radius 1 is 1.55 bits per heavy atom. The molecule has 1 atom stereocenters. The number of aliphatic hydroxyl groups is 1. The van der Waals surface area contributed by atoms with Crippen molar-refractivity contribution in [2.45, 2.75) is 26.3 Å². The summed E-state index contributed by atoms with van der Waals surface area (Å²) in [5, 5.41) is 13.3. The van der Waals surface area contributed by atoms with Crippen molar-refractivity contribution in [1.29, 1.82) is 0 Å². The summed E-state index contributed by atoms with van der Waals surface area (Å²) in [4.78, 5) is 21.4. The van der Waals surface area contributed by atoms with Gasteiger partial charge in [0.2, 0.25) is 0 Å². The van der Waals surface area contributed by atoms with Gasteiger partial charge in [0.15, 0.2) is 0 Å². The lowest BCUT2D eigenvalue weighted by molar-refractivity contribution is 0.0605. The average Bonchev–Trinajstić information content (AvgIpc) is 2.82. The molecule has 2 heterocycles. The molecule has 0 aliphatic carbocycles. The number of ether oxygens (including phenoxy) is 1. The highest BCUT2D eigenvalue weighted by atomic mass is 32.1. The Bertz CT molecular complexity index is 623. The van der Waals surface area contributed by atoms with Crippen LogP contribution >= 0.6 is 11.3 Å². The number of hydrogen-bond donors (Lipinski definition) is 2. The minimum absolute atomic E-state index is 0.0229. The Balaban J connectivity index is 2.51. The van der Waals surface area contributed by atoms with Crippen molar-refractivity contribution >= 4 is 33.3 Å². The number of aliphatic hydroxyl groups excluding tert-OH is 1. The Kier molecular flexibility index (Phi) is 4.51. The van der Waals surface area contributed by atoms with Gasteiger partial charge in [-0.25, -0.2) is 14.8 Å². The molecule has 7 heteroatoms. The van der Waals surface area contributed by atoms with E-state index in [-0.39, 0.29) is 18.6 Å². The van der Waals surface area contributed by atoms with Crippen LogP contribution in [0.1, 0.15) is 28.6 Å². The fourth-order valence-electron chi connectivity index (χ4n) is 1.94. The molecular weight excluding hydrogens is 278 g/mol. The minimum Gasteiger partial charge on any atom is -0.465 e. The molecule has 0 aliphatic rings. The Morgan fingerprint density at radius 2 is 2.30 bits per heavy atom. The van der Waals surface area contributed by atoms with Crippen molar-refractivity contribution in [3.05, 3.63) is 16.8 Å². The maximum atomic E-state index is 11.7. The number of hydrogen-bond acceptors (Lipinski definition) is 7. The van der Waals surface area contributed by atoms with Gasteiger partial charge in [-0.15, -0.1) is 11.3 Å². The third-order valence-corrected chi connectivity index (χ3v) is 4.33. The summed E-state index contributed by atoms with van der Waals surface area (Å²) in [7, 11) is 1.36. The number of aryl methyl sites for hydroxylation is 1. The Labute approximate surface area is 120 Å². The smallest absolute Gasteiger partial charge is 0.348 e.